The molecule has 6 nitrogen and oxygen atoms in total. The fourth-order valence-corrected chi connectivity index (χ4v) is 11.8. The summed E-state index contributed by atoms with van der Waals surface area (Å²) in [6, 6.07) is -0.541. The normalized spacial score (nSPS) is 12.6. The van der Waals surface area contributed by atoms with Crippen LogP contribution in [0.2, 0.25) is 0 Å². The number of rotatable bonds is 70. The number of aliphatic hydroxyl groups is 2. The van der Waals surface area contributed by atoms with E-state index in [1.54, 1.807) is 0 Å². The van der Waals surface area contributed by atoms with E-state index in [9.17, 15) is 19.8 Å². The van der Waals surface area contributed by atoms with Crippen LogP contribution in [0.4, 0.5) is 0 Å². The molecule has 0 aromatic carbocycles. The van der Waals surface area contributed by atoms with Crippen LogP contribution in [0.15, 0.2) is 24.3 Å². The number of aliphatic hydroxyl groups excluding tert-OH is 2. The van der Waals surface area contributed by atoms with Gasteiger partial charge in [0.25, 0.3) is 0 Å². The summed E-state index contributed by atoms with van der Waals surface area (Å²) in [5.41, 5.74) is 0. The van der Waals surface area contributed by atoms with Crippen LogP contribution in [0.1, 0.15) is 418 Å². The third-order valence-electron chi connectivity index (χ3n) is 17.5. The molecule has 0 rings (SSSR count). The van der Waals surface area contributed by atoms with Crippen LogP contribution in [0.3, 0.4) is 0 Å². The number of allylic oxidation sites excluding steroid dienone is 4. The molecule has 1 amide bonds. The van der Waals surface area contributed by atoms with Gasteiger partial charge in [-0.1, -0.05) is 353 Å². The number of carbonyl (C=O) groups is 2. The first-order chi connectivity index (χ1) is 40.0. The number of amides is 1. The lowest BCUT2D eigenvalue weighted by molar-refractivity contribution is -0.143. The number of ether oxygens (including phenoxy) is 1. The molecule has 81 heavy (non-hydrogen) atoms. The predicted octanol–water partition coefficient (Wildman–Crippen LogP) is 24.1. The predicted molar refractivity (Wildman–Crippen MR) is 356 cm³/mol. The summed E-state index contributed by atoms with van der Waals surface area (Å²) >= 11 is 0. The van der Waals surface area contributed by atoms with Crippen molar-refractivity contribution in [1.29, 1.82) is 0 Å². The summed E-state index contributed by atoms with van der Waals surface area (Å²) in [7, 11) is 0. The van der Waals surface area contributed by atoms with Crippen LogP contribution in [0.25, 0.3) is 0 Å². The van der Waals surface area contributed by atoms with Crippen molar-refractivity contribution in [3.8, 4) is 0 Å². The molecule has 480 valence electrons. The van der Waals surface area contributed by atoms with E-state index in [4.69, 9.17) is 4.74 Å². The highest BCUT2D eigenvalue weighted by Crippen LogP contribution is 2.19. The Morgan fingerprint density at radius 3 is 0.889 bits per heavy atom. The van der Waals surface area contributed by atoms with Gasteiger partial charge in [-0.05, 0) is 77.0 Å². The van der Waals surface area contributed by atoms with Crippen LogP contribution < -0.4 is 5.32 Å². The Balaban J connectivity index is 3.37. The number of carbonyl (C=O) groups excluding carboxylic acids is 2. The fraction of sp³-hybridized carbons (Fsp3) is 0.920. The van der Waals surface area contributed by atoms with Crippen molar-refractivity contribution in [3.63, 3.8) is 0 Å². The summed E-state index contributed by atoms with van der Waals surface area (Å²) in [4.78, 5) is 24.6. The zero-order chi connectivity index (χ0) is 58.5. The topological polar surface area (TPSA) is 95.9 Å². The second kappa shape index (κ2) is 70.8. The average Bonchev–Trinajstić information content (AvgIpc) is 3.47. The van der Waals surface area contributed by atoms with Crippen LogP contribution >= 0.6 is 0 Å². The van der Waals surface area contributed by atoms with Gasteiger partial charge in [0.15, 0.2) is 0 Å². The van der Waals surface area contributed by atoms with E-state index in [0.717, 1.165) is 44.9 Å². The largest absolute Gasteiger partial charge is 0.466 e. The first-order valence-electron chi connectivity index (χ1n) is 37.1. The van der Waals surface area contributed by atoms with Crippen LogP contribution in [-0.4, -0.2) is 47.4 Å². The maximum atomic E-state index is 12.6. The molecule has 0 fully saturated rings. The molecule has 0 radical (unpaired) electrons. The molecule has 0 aromatic rings. The molecule has 0 aliphatic carbocycles. The van der Waals surface area contributed by atoms with E-state index < -0.39 is 12.1 Å². The van der Waals surface area contributed by atoms with Gasteiger partial charge in [0, 0.05) is 12.8 Å². The molecule has 0 aliphatic heterocycles. The Morgan fingerprint density at radius 1 is 0.333 bits per heavy atom. The van der Waals surface area contributed by atoms with Crippen LogP contribution in [0, 0.1) is 0 Å². The van der Waals surface area contributed by atoms with Gasteiger partial charge in [-0.25, -0.2) is 0 Å². The van der Waals surface area contributed by atoms with E-state index in [2.05, 4.69) is 43.5 Å². The van der Waals surface area contributed by atoms with Crippen molar-refractivity contribution in [1.82, 2.24) is 5.32 Å². The monoisotopic (exact) mass is 1140 g/mol. The fourth-order valence-electron chi connectivity index (χ4n) is 11.8. The minimum absolute atomic E-state index is 0.00860. The van der Waals surface area contributed by atoms with Crippen LogP contribution in [0.5, 0.6) is 0 Å². The molecule has 0 heterocycles. The van der Waals surface area contributed by atoms with E-state index in [1.165, 1.54) is 340 Å². The van der Waals surface area contributed by atoms with Crippen molar-refractivity contribution in [2.24, 2.45) is 0 Å². The van der Waals surface area contributed by atoms with E-state index in [1.807, 2.05) is 0 Å². The number of hydrogen-bond donors (Lipinski definition) is 3. The van der Waals surface area contributed by atoms with Crippen molar-refractivity contribution in [3.05, 3.63) is 24.3 Å². The lowest BCUT2D eigenvalue weighted by Crippen LogP contribution is -2.45. The molecular weight excluding hydrogens is 995 g/mol. The van der Waals surface area contributed by atoms with Gasteiger partial charge < -0.3 is 20.3 Å². The summed E-state index contributed by atoms with van der Waals surface area (Å²) in [6.07, 6.45) is 89.6. The standard InChI is InChI=1S/C75H145NO5/c1-3-5-7-9-11-13-15-17-18-19-20-31-34-37-40-44-47-51-55-59-63-67-73(78)72(71-77)76-74(79)68-64-60-56-52-48-45-41-38-35-32-29-27-25-23-21-22-24-26-28-30-33-36-39-42-46-50-54-58-62-66-70-81-75(80)69-65-61-57-53-49-43-16-14-12-10-8-6-4-2/h14,16,22,24,72-73,77-78H,3-13,15,17-21,23,25-71H2,1-2H3,(H,76,79)/b16-14-,24-22-. The van der Waals surface area contributed by atoms with Crippen LogP contribution in [-0.2, 0) is 14.3 Å². The first kappa shape index (κ1) is 79.3. The third kappa shape index (κ3) is 67.3. The number of unbranched alkanes of at least 4 members (excludes halogenated alkanes) is 55. The van der Waals surface area contributed by atoms with Crippen molar-refractivity contribution in [2.45, 2.75) is 431 Å². The summed E-state index contributed by atoms with van der Waals surface area (Å²) in [5.74, 6) is -0.0201. The lowest BCUT2D eigenvalue weighted by atomic mass is 10.0. The minimum atomic E-state index is -0.664. The molecule has 2 unspecified atom stereocenters. The van der Waals surface area contributed by atoms with Gasteiger partial charge in [0.2, 0.25) is 5.91 Å². The molecule has 0 bridgehead atoms. The van der Waals surface area contributed by atoms with Gasteiger partial charge in [-0.2, -0.15) is 0 Å². The maximum Gasteiger partial charge on any atom is 0.305 e. The zero-order valence-electron chi connectivity index (χ0n) is 55.0. The molecule has 2 atom stereocenters. The minimum Gasteiger partial charge on any atom is -0.466 e. The molecule has 3 N–H and O–H groups in total. The molecule has 0 saturated heterocycles. The van der Waals surface area contributed by atoms with Crippen molar-refractivity contribution >= 4 is 11.9 Å². The van der Waals surface area contributed by atoms with E-state index >= 15 is 0 Å². The summed E-state index contributed by atoms with van der Waals surface area (Å²) < 4.78 is 5.48. The van der Waals surface area contributed by atoms with E-state index in [-0.39, 0.29) is 18.5 Å². The Bertz CT molecular complexity index is 1270. The van der Waals surface area contributed by atoms with Gasteiger partial charge in [0.05, 0.1) is 25.4 Å². The number of hydrogen-bond acceptors (Lipinski definition) is 5. The van der Waals surface area contributed by atoms with Gasteiger partial charge >= 0.3 is 5.97 Å². The first-order valence-corrected chi connectivity index (χ1v) is 37.1. The Hall–Kier alpha value is -1.66. The van der Waals surface area contributed by atoms with Crippen molar-refractivity contribution < 1.29 is 24.5 Å². The lowest BCUT2D eigenvalue weighted by Gasteiger charge is -2.22. The highest BCUT2D eigenvalue weighted by molar-refractivity contribution is 5.76. The van der Waals surface area contributed by atoms with Gasteiger partial charge in [0.1, 0.15) is 0 Å². The molecule has 0 aliphatic rings. The summed E-state index contributed by atoms with van der Waals surface area (Å²) in [6.45, 7) is 4.98. The average molecular weight is 1140 g/mol. The molecular formula is C75H145NO5. The quantitative estimate of drug-likeness (QED) is 0.0320. The SMILES string of the molecule is CCCCCC/C=C\CCCCCCCC(=O)OCCCCCCCCCCCCCC/C=C\CCCCCCCCCCCCCCCCC(=O)NC(CO)C(O)CCCCCCCCCCCCCCCCCCCCCCC. The highest BCUT2D eigenvalue weighted by Gasteiger charge is 2.20. The maximum absolute atomic E-state index is 12.6. The summed E-state index contributed by atoms with van der Waals surface area (Å²) in [5, 5.41) is 23.4. The molecule has 0 saturated carbocycles. The Labute approximate surface area is 507 Å². The number of nitrogens with one attached hydrogen (secondary N) is 1. The molecule has 0 aromatic heterocycles. The highest BCUT2D eigenvalue weighted by atomic mass is 16.5. The van der Waals surface area contributed by atoms with E-state index in [0.29, 0.717) is 25.9 Å². The zero-order valence-corrected chi connectivity index (χ0v) is 55.0. The van der Waals surface area contributed by atoms with Crippen molar-refractivity contribution in [2.75, 3.05) is 13.2 Å². The second-order valence-corrected chi connectivity index (χ2v) is 25.6. The Kier molecular flexibility index (Phi) is 69.4. The smallest absolute Gasteiger partial charge is 0.305 e. The van der Waals surface area contributed by atoms with Gasteiger partial charge in [-0.3, -0.25) is 9.59 Å². The molecule has 0 spiro atoms. The second-order valence-electron chi connectivity index (χ2n) is 25.6. The third-order valence-corrected chi connectivity index (χ3v) is 17.5. The number of esters is 1. The molecule has 6 heteroatoms. The van der Waals surface area contributed by atoms with Gasteiger partial charge in [-0.15, -0.1) is 0 Å². The Morgan fingerprint density at radius 2 is 0.580 bits per heavy atom.